The van der Waals surface area contributed by atoms with Gasteiger partial charge in [-0.05, 0) is 54.5 Å². The Morgan fingerprint density at radius 1 is 0.857 bits per heavy atom. The van der Waals surface area contributed by atoms with Crippen LogP contribution in [0.2, 0.25) is 0 Å². The highest BCUT2D eigenvalue weighted by Gasteiger charge is 2.25. The van der Waals surface area contributed by atoms with Crippen molar-refractivity contribution >= 4 is 29.6 Å². The number of nitrogens with zero attached hydrogens (tertiary/aromatic N) is 2. The molecule has 2 aromatic carbocycles. The number of pyridine rings is 1. The van der Waals surface area contributed by atoms with Gasteiger partial charge in [-0.3, -0.25) is 19.4 Å². The first kappa shape index (κ1) is 31.6. The lowest BCUT2D eigenvalue weighted by Gasteiger charge is -2.23. The second-order valence-electron chi connectivity index (χ2n) is 9.81. The average molecular weight is 574 g/mol. The number of unbranched alkanes of at least 4 members (excludes halogenated alkanes) is 1. The number of aromatic nitrogens is 1. The van der Waals surface area contributed by atoms with Crippen molar-refractivity contribution in [3.05, 3.63) is 84.6 Å². The van der Waals surface area contributed by atoms with Crippen LogP contribution in [0, 0.1) is 0 Å². The second-order valence-corrected chi connectivity index (χ2v) is 9.81. The number of rotatable bonds is 17. The van der Waals surface area contributed by atoms with E-state index >= 15 is 0 Å². The van der Waals surface area contributed by atoms with Crippen LogP contribution < -0.4 is 27.4 Å². The fourth-order valence-corrected chi connectivity index (χ4v) is 4.37. The molecule has 222 valence electrons. The minimum absolute atomic E-state index is 0.0557. The van der Waals surface area contributed by atoms with Crippen molar-refractivity contribution in [2.45, 2.75) is 50.6 Å². The number of benzene rings is 2. The van der Waals surface area contributed by atoms with E-state index in [1.165, 1.54) is 0 Å². The van der Waals surface area contributed by atoms with Crippen LogP contribution in [0.1, 0.15) is 50.1 Å². The topological polar surface area (TPSA) is 185 Å². The summed E-state index contributed by atoms with van der Waals surface area (Å²) in [5.74, 6) is -1.08. The number of carbonyl (C=O) groups is 3. The van der Waals surface area contributed by atoms with Crippen LogP contribution in [0.15, 0.2) is 84.0 Å². The number of nitrogens with one attached hydrogen (secondary N) is 3. The molecule has 3 aromatic rings. The maximum absolute atomic E-state index is 13.4. The molecule has 1 unspecified atom stereocenters. The van der Waals surface area contributed by atoms with Crippen molar-refractivity contribution in [3.63, 3.8) is 0 Å². The molecule has 0 aliphatic carbocycles. The fourth-order valence-electron chi connectivity index (χ4n) is 4.37. The Labute approximate surface area is 245 Å². The highest BCUT2D eigenvalue weighted by molar-refractivity contribution is 5.88. The third-order valence-electron chi connectivity index (χ3n) is 6.51. The summed E-state index contributed by atoms with van der Waals surface area (Å²) in [6, 6.07) is 21.1. The van der Waals surface area contributed by atoms with Crippen molar-refractivity contribution in [2.75, 3.05) is 18.4 Å². The van der Waals surface area contributed by atoms with Crippen LogP contribution >= 0.6 is 0 Å². The lowest BCUT2D eigenvalue weighted by atomic mass is 9.98. The van der Waals surface area contributed by atoms with Crippen LogP contribution in [0.3, 0.4) is 0 Å². The maximum atomic E-state index is 13.4. The molecule has 0 spiro atoms. The highest BCUT2D eigenvalue weighted by Crippen LogP contribution is 2.24. The third-order valence-corrected chi connectivity index (χ3v) is 6.51. The van der Waals surface area contributed by atoms with Gasteiger partial charge >= 0.3 is 5.97 Å². The number of amides is 2. The quantitative estimate of drug-likeness (QED) is 0.0807. The molecule has 0 saturated heterocycles. The summed E-state index contributed by atoms with van der Waals surface area (Å²) in [6.45, 7) is 0.952. The van der Waals surface area contributed by atoms with Crippen molar-refractivity contribution in [1.82, 2.24) is 15.6 Å². The summed E-state index contributed by atoms with van der Waals surface area (Å²) >= 11 is 0. The first-order valence-electron chi connectivity index (χ1n) is 14.0. The average Bonchev–Trinajstić information content (AvgIpc) is 2.99. The van der Waals surface area contributed by atoms with Gasteiger partial charge in [0.2, 0.25) is 11.8 Å². The molecule has 42 heavy (non-hydrogen) atoms. The zero-order valence-electron chi connectivity index (χ0n) is 23.5. The maximum Gasteiger partial charge on any atom is 0.305 e. The number of nitrogens with two attached hydrogens (primary N) is 2. The smallest absolute Gasteiger partial charge is 0.305 e. The monoisotopic (exact) mass is 573 g/mol. The van der Waals surface area contributed by atoms with Crippen LogP contribution in [0.4, 0.5) is 5.82 Å². The summed E-state index contributed by atoms with van der Waals surface area (Å²) < 4.78 is 0. The van der Waals surface area contributed by atoms with Gasteiger partial charge in [-0.15, -0.1) is 0 Å². The first-order chi connectivity index (χ1) is 20.3. The number of carboxylic acid groups (broad SMARTS) is 1. The van der Waals surface area contributed by atoms with E-state index in [0.717, 1.165) is 23.4 Å². The van der Waals surface area contributed by atoms with Crippen molar-refractivity contribution < 1.29 is 19.5 Å². The Morgan fingerprint density at radius 2 is 1.57 bits per heavy atom. The van der Waals surface area contributed by atoms with Gasteiger partial charge in [0.25, 0.3) is 0 Å². The number of guanidine groups is 1. The molecule has 8 N–H and O–H groups in total. The summed E-state index contributed by atoms with van der Waals surface area (Å²) in [5.41, 5.74) is 13.5. The molecule has 0 bridgehead atoms. The Balaban J connectivity index is 1.61. The lowest BCUT2D eigenvalue weighted by Crippen LogP contribution is -2.48. The van der Waals surface area contributed by atoms with E-state index < -0.39 is 24.0 Å². The molecule has 1 heterocycles. The van der Waals surface area contributed by atoms with Gasteiger partial charge in [-0.25, -0.2) is 4.98 Å². The van der Waals surface area contributed by atoms with Gasteiger partial charge in [0.05, 0.1) is 12.5 Å². The van der Waals surface area contributed by atoms with Gasteiger partial charge in [-0.1, -0.05) is 60.7 Å². The summed E-state index contributed by atoms with van der Waals surface area (Å²) in [6.07, 6.45) is 3.71. The molecule has 0 saturated carbocycles. The summed E-state index contributed by atoms with van der Waals surface area (Å²) in [4.78, 5) is 45.9. The Kier molecular flexibility index (Phi) is 12.8. The van der Waals surface area contributed by atoms with Crippen LogP contribution in [-0.4, -0.2) is 53.0 Å². The van der Waals surface area contributed by atoms with E-state index in [-0.39, 0.29) is 31.1 Å². The Bertz CT molecular complexity index is 1300. The predicted molar refractivity (Wildman–Crippen MR) is 163 cm³/mol. The van der Waals surface area contributed by atoms with E-state index in [9.17, 15) is 19.5 Å². The minimum atomic E-state index is -1.06. The molecule has 11 heteroatoms. The molecule has 2 amide bonds. The van der Waals surface area contributed by atoms with Crippen LogP contribution in [-0.2, 0) is 14.4 Å². The number of carboxylic acids is 1. The predicted octanol–water partition coefficient (Wildman–Crippen LogP) is 3.20. The lowest BCUT2D eigenvalue weighted by molar-refractivity contribution is -0.138. The van der Waals surface area contributed by atoms with Crippen molar-refractivity contribution in [3.8, 4) is 11.1 Å². The molecule has 1 aromatic heterocycles. The van der Waals surface area contributed by atoms with Gasteiger partial charge in [0.1, 0.15) is 11.9 Å². The Morgan fingerprint density at radius 3 is 2.24 bits per heavy atom. The number of aliphatic carboxylic acids is 1. The second kappa shape index (κ2) is 17.0. The number of aliphatic imine (C=N–C) groups is 1. The minimum Gasteiger partial charge on any atom is -0.481 e. The van der Waals surface area contributed by atoms with Crippen molar-refractivity contribution in [2.24, 2.45) is 16.5 Å². The SMILES string of the molecule is NC(N)=NCCC[C@H](NC(=O)CCCCNc1ccccn1)C(=O)NC(CC(=O)O)c1ccc(-c2ccccc2)cc1. The molecular formula is C31H39N7O4. The van der Waals surface area contributed by atoms with Crippen molar-refractivity contribution in [1.29, 1.82) is 0 Å². The van der Waals surface area contributed by atoms with Gasteiger partial charge in [0.15, 0.2) is 5.96 Å². The molecule has 0 aliphatic heterocycles. The number of anilines is 1. The van der Waals surface area contributed by atoms with Gasteiger partial charge in [0, 0.05) is 25.7 Å². The third kappa shape index (κ3) is 11.3. The zero-order valence-corrected chi connectivity index (χ0v) is 23.5. The molecule has 0 radical (unpaired) electrons. The Hall–Kier alpha value is -4.93. The van der Waals surface area contributed by atoms with Crippen LogP contribution in [0.5, 0.6) is 0 Å². The van der Waals surface area contributed by atoms with Crippen LogP contribution in [0.25, 0.3) is 11.1 Å². The molecule has 11 nitrogen and oxygen atoms in total. The zero-order chi connectivity index (χ0) is 30.2. The summed E-state index contributed by atoms with van der Waals surface area (Å²) in [5, 5.41) is 18.4. The first-order valence-corrected chi connectivity index (χ1v) is 14.0. The highest BCUT2D eigenvalue weighted by atomic mass is 16.4. The van der Waals surface area contributed by atoms with E-state index in [0.29, 0.717) is 31.5 Å². The molecule has 3 rings (SSSR count). The molecule has 2 atom stereocenters. The standard InChI is InChI=1S/C31H39N7O4/c32-31(33)36-20-8-11-25(37-28(39)13-5-7-19-35-27-12-4-6-18-34-27)30(42)38-26(21-29(40)41)24-16-14-23(15-17-24)22-9-2-1-3-10-22/h1-4,6,9-10,12,14-18,25-26H,5,7-8,11,13,19-21H2,(H,34,35)(H,37,39)(H,38,42)(H,40,41)(H4,32,33,36)/t25-,26?/m0/s1. The van der Waals surface area contributed by atoms with Gasteiger partial charge in [-0.2, -0.15) is 0 Å². The molecule has 0 fully saturated rings. The van der Waals surface area contributed by atoms with E-state index in [1.54, 1.807) is 6.20 Å². The normalized spacial score (nSPS) is 12.0. The molecular weight excluding hydrogens is 534 g/mol. The number of hydrogen-bond acceptors (Lipinski definition) is 6. The van der Waals surface area contributed by atoms with E-state index in [1.807, 2.05) is 72.8 Å². The van der Waals surface area contributed by atoms with Gasteiger partial charge < -0.3 is 32.5 Å². The summed E-state index contributed by atoms with van der Waals surface area (Å²) in [7, 11) is 0. The van der Waals surface area contributed by atoms with E-state index in [4.69, 9.17) is 11.5 Å². The molecule has 0 aliphatic rings. The number of hydrogen-bond donors (Lipinski definition) is 6. The van der Waals surface area contributed by atoms with E-state index in [2.05, 4.69) is 25.9 Å². The largest absolute Gasteiger partial charge is 0.481 e. The fraction of sp³-hybridized carbons (Fsp3) is 0.323. The number of carbonyl (C=O) groups excluding carboxylic acids is 2.